The number of benzene rings is 2. The highest BCUT2D eigenvalue weighted by Crippen LogP contribution is 2.34. The largest absolute Gasteiger partial charge is 0.491 e. The van der Waals surface area contributed by atoms with Gasteiger partial charge in [-0.2, -0.15) is 0 Å². The van der Waals surface area contributed by atoms with Gasteiger partial charge in [-0.05, 0) is 119 Å². The molecule has 1 N–H and O–H groups in total. The zero-order valence-electron chi connectivity index (χ0n) is 31.2. The molecule has 0 radical (unpaired) electrons. The third-order valence-electron chi connectivity index (χ3n) is 10.7. The van der Waals surface area contributed by atoms with E-state index in [-0.39, 0.29) is 30.3 Å². The van der Waals surface area contributed by atoms with Crippen molar-refractivity contribution in [3.8, 4) is 5.75 Å². The van der Waals surface area contributed by atoms with E-state index in [9.17, 15) is 13.8 Å². The van der Waals surface area contributed by atoms with E-state index in [4.69, 9.17) is 30.5 Å². The fourth-order valence-electron chi connectivity index (χ4n) is 6.91. The lowest BCUT2D eigenvalue weighted by molar-refractivity contribution is -0.128. The summed E-state index contributed by atoms with van der Waals surface area (Å²) in [6, 6.07) is 11.2. The Kier molecular flexibility index (Phi) is 15.0. The molecule has 1 unspecified atom stereocenters. The Bertz CT molecular complexity index is 1670. The SMILES string of the molecule is CCN1Cc2ccc(Cl)cc2CCCCOc2ccc(C(=O)N=S(=O)(NC(=O)COC3CCOCC3)[C@H](C)[C@@H](C)C/C=C\[C@H](OC)C3CCC3)cc21. The second-order valence-electron chi connectivity index (χ2n) is 14.3. The number of amides is 2. The molecule has 0 bridgehead atoms. The molecule has 5 rings (SSSR count). The Morgan fingerprint density at radius 2 is 1.85 bits per heavy atom. The van der Waals surface area contributed by atoms with Gasteiger partial charge >= 0.3 is 0 Å². The number of hydrogen-bond acceptors (Lipinski definition) is 8. The maximum atomic E-state index is 14.8. The van der Waals surface area contributed by atoms with Gasteiger partial charge in [0.1, 0.15) is 22.3 Å². The van der Waals surface area contributed by atoms with Crippen molar-refractivity contribution < 1.29 is 32.7 Å². The molecule has 1 saturated heterocycles. The highest BCUT2D eigenvalue weighted by molar-refractivity contribution is 7.93. The molecule has 2 amide bonds. The lowest BCUT2D eigenvalue weighted by atomic mass is 9.81. The van der Waals surface area contributed by atoms with Crippen molar-refractivity contribution in [1.29, 1.82) is 0 Å². The number of allylic oxidation sites excluding steroid dienone is 1. The van der Waals surface area contributed by atoms with Crippen molar-refractivity contribution >= 4 is 39.0 Å². The van der Waals surface area contributed by atoms with Crippen LogP contribution in [0.3, 0.4) is 0 Å². The third-order valence-corrected chi connectivity index (χ3v) is 13.3. The minimum absolute atomic E-state index is 0.0439. The fourth-order valence-corrected chi connectivity index (χ4v) is 8.98. The number of nitrogens with one attached hydrogen (secondary N) is 1. The standard InChI is InChI=1S/C40H56ClN3O7S/c1-5-44-26-33-15-17-34(41)24-31(33)11-6-7-21-50-38-18-16-32(25-36(38)44)40(46)43-52(47,42-39(45)27-51-35-19-22-49-23-20-35)29(3)28(2)10-8-14-37(48-4)30-12-9-13-30/h8,14-18,24-25,28-30,35,37H,5-7,9-13,19-23,26-27H2,1-4H3,(H,42,43,45,46,47)/b14-8-/t28-,29+,37-,52?/m0/s1. The number of rotatable bonds is 13. The number of methoxy groups -OCH3 is 1. The van der Waals surface area contributed by atoms with Crippen molar-refractivity contribution in [2.45, 2.75) is 103 Å². The van der Waals surface area contributed by atoms with E-state index in [1.54, 1.807) is 32.2 Å². The molecule has 1 saturated carbocycles. The molecule has 2 aromatic rings. The number of anilines is 1. The summed E-state index contributed by atoms with van der Waals surface area (Å²) >= 11 is 6.37. The van der Waals surface area contributed by atoms with E-state index in [2.05, 4.69) is 39.1 Å². The zero-order chi connectivity index (χ0) is 37.1. The number of nitrogens with zero attached hydrogens (tertiary/aromatic N) is 2. The van der Waals surface area contributed by atoms with Crippen LogP contribution in [0, 0.1) is 11.8 Å². The van der Waals surface area contributed by atoms with E-state index in [0.29, 0.717) is 68.9 Å². The van der Waals surface area contributed by atoms with Crippen LogP contribution in [-0.2, 0) is 41.9 Å². The van der Waals surface area contributed by atoms with Crippen LogP contribution in [0.2, 0.25) is 5.02 Å². The molecule has 0 spiro atoms. The molecule has 2 aliphatic heterocycles. The Hall–Kier alpha value is -2.96. The normalized spacial score (nSPS) is 20.2. The van der Waals surface area contributed by atoms with Gasteiger partial charge in [0.25, 0.3) is 11.8 Å². The van der Waals surface area contributed by atoms with Crippen molar-refractivity contribution in [1.82, 2.24) is 4.72 Å². The number of ether oxygens (including phenoxy) is 4. The van der Waals surface area contributed by atoms with E-state index in [1.165, 1.54) is 12.0 Å². The molecule has 2 heterocycles. The Morgan fingerprint density at radius 1 is 1.06 bits per heavy atom. The number of halogens is 1. The van der Waals surface area contributed by atoms with Gasteiger partial charge in [-0.1, -0.05) is 43.2 Å². The molecule has 2 aromatic carbocycles. The predicted octanol–water partition coefficient (Wildman–Crippen LogP) is 7.70. The Morgan fingerprint density at radius 3 is 2.56 bits per heavy atom. The van der Waals surface area contributed by atoms with Crippen LogP contribution >= 0.6 is 11.6 Å². The topological polar surface area (TPSA) is 116 Å². The minimum Gasteiger partial charge on any atom is -0.491 e. The van der Waals surface area contributed by atoms with Crippen LogP contribution in [-0.4, -0.2) is 73.6 Å². The van der Waals surface area contributed by atoms with Gasteiger partial charge in [0.15, 0.2) is 0 Å². The van der Waals surface area contributed by atoms with Crippen molar-refractivity contribution in [2.24, 2.45) is 16.2 Å². The number of carbonyl (C=O) groups is 2. The summed E-state index contributed by atoms with van der Waals surface area (Å²) in [6.07, 6.45) is 12.3. The summed E-state index contributed by atoms with van der Waals surface area (Å²) in [5.41, 5.74) is 3.37. The molecule has 10 nitrogen and oxygen atoms in total. The van der Waals surface area contributed by atoms with Crippen LogP contribution in [0.25, 0.3) is 0 Å². The molecule has 3 aliphatic rings. The summed E-state index contributed by atoms with van der Waals surface area (Å²) in [4.78, 5) is 29.5. The summed E-state index contributed by atoms with van der Waals surface area (Å²) in [5, 5.41) is 0.0537. The summed E-state index contributed by atoms with van der Waals surface area (Å²) < 4.78 is 45.0. The number of hydrogen-bond donors (Lipinski definition) is 1. The first kappa shape index (κ1) is 40.2. The van der Waals surface area contributed by atoms with Crippen LogP contribution in [0.4, 0.5) is 5.69 Å². The molecule has 286 valence electrons. The summed E-state index contributed by atoms with van der Waals surface area (Å²) in [6.45, 7) is 8.45. The average Bonchev–Trinajstić information content (AvgIpc) is 3.15. The van der Waals surface area contributed by atoms with Crippen molar-refractivity contribution in [3.05, 3.63) is 70.3 Å². The van der Waals surface area contributed by atoms with Gasteiger partial charge in [0, 0.05) is 44.0 Å². The van der Waals surface area contributed by atoms with Gasteiger partial charge in [0.05, 0.1) is 29.8 Å². The third kappa shape index (κ3) is 10.8. The first-order valence-corrected chi connectivity index (χ1v) is 20.8. The van der Waals surface area contributed by atoms with Crippen LogP contribution < -0.4 is 14.4 Å². The molecule has 0 aromatic heterocycles. The van der Waals surface area contributed by atoms with E-state index < -0.39 is 27.0 Å². The number of carbonyl (C=O) groups excluding carboxylic acids is 2. The lowest BCUT2D eigenvalue weighted by Gasteiger charge is -2.31. The molecule has 12 heteroatoms. The van der Waals surface area contributed by atoms with Gasteiger partial charge in [-0.3, -0.25) is 14.3 Å². The predicted molar refractivity (Wildman–Crippen MR) is 206 cm³/mol. The van der Waals surface area contributed by atoms with Gasteiger partial charge < -0.3 is 23.8 Å². The smallest absolute Gasteiger partial charge is 0.286 e. The second-order valence-corrected chi connectivity index (χ2v) is 17.0. The Balaban J connectivity index is 1.42. The molecule has 4 atom stereocenters. The van der Waals surface area contributed by atoms with Crippen LogP contribution in [0.5, 0.6) is 5.75 Å². The van der Waals surface area contributed by atoms with Crippen LogP contribution in [0.15, 0.2) is 52.9 Å². The van der Waals surface area contributed by atoms with Gasteiger partial charge in [-0.25, -0.2) is 4.21 Å². The molecule has 1 aliphatic carbocycles. The highest BCUT2D eigenvalue weighted by atomic mass is 35.5. The number of fused-ring (bicyclic) bond motifs is 2. The monoisotopic (exact) mass is 757 g/mol. The average molecular weight is 758 g/mol. The quantitative estimate of drug-likeness (QED) is 0.207. The summed E-state index contributed by atoms with van der Waals surface area (Å²) in [5.74, 6) is -0.235. The highest BCUT2D eigenvalue weighted by Gasteiger charge is 2.30. The molecular weight excluding hydrogens is 702 g/mol. The van der Waals surface area contributed by atoms with E-state index in [0.717, 1.165) is 43.4 Å². The molecule has 2 fully saturated rings. The van der Waals surface area contributed by atoms with Gasteiger partial charge in [-0.15, -0.1) is 4.36 Å². The Labute approximate surface area is 315 Å². The van der Waals surface area contributed by atoms with Gasteiger partial charge in [0.2, 0.25) is 0 Å². The zero-order valence-corrected chi connectivity index (χ0v) is 32.7. The number of aryl methyl sites for hydroxylation is 1. The van der Waals surface area contributed by atoms with E-state index in [1.807, 2.05) is 19.1 Å². The molecular formula is C40H56ClN3O7S. The fraction of sp³-hybridized carbons (Fsp3) is 0.600. The maximum absolute atomic E-state index is 14.8. The maximum Gasteiger partial charge on any atom is 0.286 e. The first-order chi connectivity index (χ1) is 25.1. The van der Waals surface area contributed by atoms with Crippen LogP contribution in [0.1, 0.15) is 93.6 Å². The first-order valence-electron chi connectivity index (χ1n) is 18.9. The van der Waals surface area contributed by atoms with Crippen molar-refractivity contribution in [3.63, 3.8) is 0 Å². The second kappa shape index (κ2) is 19.4. The lowest BCUT2D eigenvalue weighted by Crippen LogP contribution is -2.42. The van der Waals surface area contributed by atoms with E-state index >= 15 is 0 Å². The van der Waals surface area contributed by atoms with Crippen molar-refractivity contribution in [2.75, 3.05) is 45.0 Å². The molecule has 52 heavy (non-hydrogen) atoms. The minimum atomic E-state index is -3.60. The summed E-state index contributed by atoms with van der Waals surface area (Å²) in [7, 11) is -1.87.